The van der Waals surface area contributed by atoms with E-state index in [0.29, 0.717) is 0 Å². The van der Waals surface area contributed by atoms with Crippen molar-refractivity contribution < 1.29 is 27.1 Å². The van der Waals surface area contributed by atoms with E-state index in [1.54, 1.807) is 39.0 Å². The van der Waals surface area contributed by atoms with E-state index in [4.69, 9.17) is 4.74 Å². The van der Waals surface area contributed by atoms with Gasteiger partial charge in [-0.2, -0.15) is 0 Å². The molecule has 0 aromatic heterocycles. The van der Waals surface area contributed by atoms with Crippen molar-refractivity contribution in [1.82, 2.24) is 0 Å². The molecule has 0 atom stereocenters. The highest BCUT2D eigenvalue weighted by Gasteiger charge is 2.18. The largest absolute Gasteiger partial charge is 0.444 e. The van der Waals surface area contributed by atoms with Gasteiger partial charge in [0.15, 0.2) is 0 Å². The van der Waals surface area contributed by atoms with E-state index in [2.05, 4.69) is 15.4 Å². The molecule has 0 heterocycles. The third-order valence-electron chi connectivity index (χ3n) is 4.31. The maximum atomic E-state index is 14.1. The molecule has 0 aliphatic heterocycles. The van der Waals surface area contributed by atoms with E-state index in [9.17, 15) is 22.4 Å². The Hall–Kier alpha value is -3.92. The number of sulfonamides is 1. The van der Waals surface area contributed by atoms with Gasteiger partial charge in [0.25, 0.3) is 15.9 Å². The highest BCUT2D eigenvalue weighted by molar-refractivity contribution is 7.92. The molecule has 0 spiro atoms. The number of carbonyl (C=O) groups excluding carboxylic acids is 2. The molecule has 0 bridgehead atoms. The fourth-order valence-electron chi connectivity index (χ4n) is 2.82. The number of ether oxygens (including phenoxy) is 1. The van der Waals surface area contributed by atoms with Gasteiger partial charge in [-0.25, -0.2) is 17.6 Å². The molecule has 0 unspecified atom stereocenters. The normalized spacial score (nSPS) is 11.4. The predicted octanol–water partition coefficient (Wildman–Crippen LogP) is 5.23. The van der Waals surface area contributed by atoms with Crippen LogP contribution in [0.1, 0.15) is 31.1 Å². The lowest BCUT2D eigenvalue weighted by molar-refractivity contribution is 0.0635. The summed E-state index contributed by atoms with van der Waals surface area (Å²) >= 11 is 0. The maximum absolute atomic E-state index is 14.1. The summed E-state index contributed by atoms with van der Waals surface area (Å²) < 4.78 is 46.5. The van der Waals surface area contributed by atoms with Gasteiger partial charge in [0.2, 0.25) is 0 Å². The lowest BCUT2D eigenvalue weighted by Gasteiger charge is -2.20. The summed E-state index contributed by atoms with van der Waals surface area (Å²) in [5.41, 5.74) is -0.142. The SMILES string of the molecule is CC(C)(C)OC(=O)Nc1cc(NC(=O)c2ccc(NS(=O)(=O)c3ccccc3)cc2)ccc1F. The molecular formula is C24H24FN3O5S. The summed E-state index contributed by atoms with van der Waals surface area (Å²) in [7, 11) is -3.76. The highest BCUT2D eigenvalue weighted by Crippen LogP contribution is 2.22. The molecule has 10 heteroatoms. The Morgan fingerprint density at radius 1 is 0.853 bits per heavy atom. The lowest BCUT2D eigenvalue weighted by atomic mass is 10.2. The second-order valence-electron chi connectivity index (χ2n) is 8.27. The van der Waals surface area contributed by atoms with Gasteiger partial charge in [0.1, 0.15) is 11.4 Å². The molecule has 3 aromatic carbocycles. The third-order valence-corrected chi connectivity index (χ3v) is 5.71. The van der Waals surface area contributed by atoms with Crippen molar-refractivity contribution in [2.45, 2.75) is 31.3 Å². The fraction of sp³-hybridized carbons (Fsp3) is 0.167. The van der Waals surface area contributed by atoms with Crippen LogP contribution in [0.2, 0.25) is 0 Å². The average molecular weight is 486 g/mol. The Bertz CT molecular complexity index is 1290. The van der Waals surface area contributed by atoms with Gasteiger partial charge in [0, 0.05) is 16.9 Å². The van der Waals surface area contributed by atoms with Crippen molar-refractivity contribution in [3.8, 4) is 0 Å². The van der Waals surface area contributed by atoms with Crippen LogP contribution in [0.15, 0.2) is 77.7 Å². The van der Waals surface area contributed by atoms with Crippen LogP contribution in [-0.2, 0) is 14.8 Å². The minimum absolute atomic E-state index is 0.115. The predicted molar refractivity (Wildman–Crippen MR) is 128 cm³/mol. The molecule has 0 radical (unpaired) electrons. The molecule has 0 aliphatic carbocycles. The van der Waals surface area contributed by atoms with Gasteiger partial charge in [-0.3, -0.25) is 14.8 Å². The first kappa shape index (κ1) is 24.7. The zero-order valence-electron chi connectivity index (χ0n) is 18.8. The molecular weight excluding hydrogens is 461 g/mol. The first-order chi connectivity index (χ1) is 15.9. The Kier molecular flexibility index (Phi) is 7.21. The molecule has 0 fully saturated rings. The van der Waals surface area contributed by atoms with E-state index >= 15 is 0 Å². The molecule has 3 aromatic rings. The fourth-order valence-corrected chi connectivity index (χ4v) is 3.90. The summed E-state index contributed by atoms with van der Waals surface area (Å²) in [6.45, 7) is 5.03. The van der Waals surface area contributed by atoms with Crippen LogP contribution in [0.3, 0.4) is 0 Å². The second-order valence-corrected chi connectivity index (χ2v) is 9.95. The summed E-state index contributed by atoms with van der Waals surface area (Å²) in [4.78, 5) is 24.6. The van der Waals surface area contributed by atoms with Gasteiger partial charge in [0.05, 0.1) is 10.6 Å². The zero-order chi connectivity index (χ0) is 24.9. The number of benzene rings is 3. The zero-order valence-corrected chi connectivity index (χ0v) is 19.6. The van der Waals surface area contributed by atoms with Crippen molar-refractivity contribution >= 4 is 39.1 Å². The van der Waals surface area contributed by atoms with Gasteiger partial charge < -0.3 is 10.1 Å². The van der Waals surface area contributed by atoms with E-state index in [1.165, 1.54) is 48.5 Å². The number of rotatable bonds is 6. The second kappa shape index (κ2) is 9.92. The van der Waals surface area contributed by atoms with Crippen LogP contribution in [0.5, 0.6) is 0 Å². The Balaban J connectivity index is 1.67. The van der Waals surface area contributed by atoms with Crippen LogP contribution >= 0.6 is 0 Å². The van der Waals surface area contributed by atoms with Gasteiger partial charge >= 0.3 is 6.09 Å². The molecule has 3 rings (SSSR count). The average Bonchev–Trinajstić information content (AvgIpc) is 2.75. The highest BCUT2D eigenvalue weighted by atomic mass is 32.2. The number of anilines is 3. The maximum Gasteiger partial charge on any atom is 0.412 e. The van der Waals surface area contributed by atoms with Crippen molar-refractivity contribution in [2.75, 3.05) is 15.4 Å². The molecule has 2 amide bonds. The minimum Gasteiger partial charge on any atom is -0.444 e. The Morgan fingerprint density at radius 2 is 1.47 bits per heavy atom. The van der Waals surface area contributed by atoms with Crippen molar-refractivity contribution in [1.29, 1.82) is 0 Å². The summed E-state index contributed by atoms with van der Waals surface area (Å²) in [5, 5.41) is 4.91. The van der Waals surface area contributed by atoms with Crippen molar-refractivity contribution in [2.24, 2.45) is 0 Å². The molecule has 3 N–H and O–H groups in total. The number of hydrogen-bond acceptors (Lipinski definition) is 5. The van der Waals surface area contributed by atoms with E-state index in [0.717, 1.165) is 6.07 Å². The van der Waals surface area contributed by atoms with Crippen LogP contribution < -0.4 is 15.4 Å². The van der Waals surface area contributed by atoms with Crippen molar-refractivity contribution in [3.63, 3.8) is 0 Å². The monoisotopic (exact) mass is 485 g/mol. The van der Waals surface area contributed by atoms with Crippen LogP contribution in [0.4, 0.5) is 26.2 Å². The van der Waals surface area contributed by atoms with Gasteiger partial charge in [-0.05, 0) is 75.4 Å². The summed E-state index contributed by atoms with van der Waals surface area (Å²) in [6, 6.07) is 17.4. The van der Waals surface area contributed by atoms with Gasteiger partial charge in [-0.1, -0.05) is 18.2 Å². The van der Waals surface area contributed by atoms with Crippen LogP contribution in [-0.4, -0.2) is 26.0 Å². The molecule has 8 nitrogen and oxygen atoms in total. The van der Waals surface area contributed by atoms with Crippen LogP contribution in [0, 0.1) is 5.82 Å². The van der Waals surface area contributed by atoms with E-state index < -0.39 is 33.4 Å². The summed E-state index contributed by atoms with van der Waals surface area (Å²) in [5.74, 6) is -1.20. The van der Waals surface area contributed by atoms with Crippen LogP contribution in [0.25, 0.3) is 0 Å². The lowest BCUT2D eigenvalue weighted by Crippen LogP contribution is -2.27. The molecule has 0 saturated heterocycles. The molecule has 0 aliphatic rings. The number of nitrogens with one attached hydrogen (secondary N) is 3. The van der Waals surface area contributed by atoms with E-state index in [1.807, 2.05) is 0 Å². The minimum atomic E-state index is -3.76. The Morgan fingerprint density at radius 3 is 2.09 bits per heavy atom. The third kappa shape index (κ3) is 6.79. The Labute approximate surface area is 197 Å². The quantitative estimate of drug-likeness (QED) is 0.443. The number of carbonyl (C=O) groups is 2. The number of amides is 2. The summed E-state index contributed by atoms with van der Waals surface area (Å²) in [6.07, 6.45) is -0.830. The smallest absolute Gasteiger partial charge is 0.412 e. The molecule has 34 heavy (non-hydrogen) atoms. The number of hydrogen-bond donors (Lipinski definition) is 3. The topological polar surface area (TPSA) is 114 Å². The van der Waals surface area contributed by atoms with Gasteiger partial charge in [-0.15, -0.1) is 0 Å². The van der Waals surface area contributed by atoms with Crippen molar-refractivity contribution in [3.05, 3.63) is 84.2 Å². The number of halogens is 1. The first-order valence-corrected chi connectivity index (χ1v) is 11.7. The molecule has 0 saturated carbocycles. The molecule has 178 valence electrons. The van der Waals surface area contributed by atoms with E-state index in [-0.39, 0.29) is 27.5 Å². The standard InChI is InChI=1S/C24H24FN3O5S/c1-24(2,3)33-23(30)27-21-15-18(13-14-20(21)25)26-22(29)16-9-11-17(12-10-16)28-34(31,32)19-7-5-4-6-8-19/h4-15,28H,1-3H3,(H,26,29)(H,27,30). The first-order valence-electron chi connectivity index (χ1n) is 10.2.